The second-order valence-corrected chi connectivity index (χ2v) is 8.96. The van der Waals surface area contributed by atoms with Gasteiger partial charge in [0, 0.05) is 24.0 Å². The van der Waals surface area contributed by atoms with Crippen molar-refractivity contribution < 1.29 is 13.2 Å². The Morgan fingerprint density at radius 3 is 2.82 bits per heavy atom. The van der Waals surface area contributed by atoms with Crippen molar-refractivity contribution >= 4 is 44.1 Å². The molecule has 144 valence electrons. The second-order valence-electron chi connectivity index (χ2n) is 6.56. The second kappa shape index (κ2) is 7.41. The quantitative estimate of drug-likeness (QED) is 0.649. The topological polar surface area (TPSA) is 79.4 Å². The van der Waals surface area contributed by atoms with Gasteiger partial charge < -0.3 is 5.32 Å². The molecule has 28 heavy (non-hydrogen) atoms. The van der Waals surface area contributed by atoms with Crippen molar-refractivity contribution in [2.45, 2.75) is 6.42 Å². The first kappa shape index (κ1) is 18.7. The number of anilines is 1. The molecular weight excluding hydrogens is 398 g/mol. The Bertz CT molecular complexity index is 1160. The van der Waals surface area contributed by atoms with Gasteiger partial charge in [0.2, 0.25) is 10.0 Å². The number of nitrogens with zero attached hydrogens (tertiary/aromatic N) is 2. The summed E-state index contributed by atoms with van der Waals surface area (Å²) in [6.45, 7) is 0.479. The van der Waals surface area contributed by atoms with E-state index in [2.05, 4.69) is 10.3 Å². The van der Waals surface area contributed by atoms with Crippen LogP contribution >= 0.6 is 11.6 Å². The third-order valence-corrected chi connectivity index (χ3v) is 6.72. The van der Waals surface area contributed by atoms with E-state index in [1.54, 1.807) is 30.3 Å². The Morgan fingerprint density at radius 1 is 1.14 bits per heavy atom. The lowest BCUT2D eigenvalue weighted by Gasteiger charge is -2.19. The van der Waals surface area contributed by atoms with Crippen LogP contribution in [0.1, 0.15) is 15.9 Å². The average molecular weight is 416 g/mol. The fourth-order valence-corrected chi connectivity index (χ4v) is 4.93. The molecule has 0 fully saturated rings. The number of sulfonamides is 1. The van der Waals surface area contributed by atoms with Crippen molar-refractivity contribution in [2.75, 3.05) is 23.1 Å². The number of hydrogen-bond acceptors (Lipinski definition) is 4. The van der Waals surface area contributed by atoms with Gasteiger partial charge in [-0.2, -0.15) is 0 Å². The van der Waals surface area contributed by atoms with E-state index in [1.807, 2.05) is 24.3 Å². The number of para-hydroxylation sites is 1. The van der Waals surface area contributed by atoms with Crippen LogP contribution in [0.25, 0.3) is 10.9 Å². The zero-order valence-corrected chi connectivity index (χ0v) is 16.5. The van der Waals surface area contributed by atoms with Gasteiger partial charge in [-0.1, -0.05) is 29.8 Å². The maximum atomic E-state index is 12.7. The highest BCUT2D eigenvalue weighted by Gasteiger charge is 2.28. The number of nitrogens with one attached hydrogen (secondary N) is 1. The first-order chi connectivity index (χ1) is 13.4. The molecule has 1 N–H and O–H groups in total. The summed E-state index contributed by atoms with van der Waals surface area (Å²) >= 11 is 5.87. The van der Waals surface area contributed by atoms with E-state index >= 15 is 0 Å². The molecule has 1 aliphatic heterocycles. The molecule has 3 aromatic rings. The van der Waals surface area contributed by atoms with E-state index in [4.69, 9.17) is 11.6 Å². The van der Waals surface area contributed by atoms with Gasteiger partial charge in [0.15, 0.2) is 0 Å². The van der Waals surface area contributed by atoms with Crippen LogP contribution in [0, 0.1) is 0 Å². The fourth-order valence-electron chi connectivity index (χ4n) is 3.34. The number of pyridine rings is 1. The van der Waals surface area contributed by atoms with Gasteiger partial charge in [-0.3, -0.25) is 9.10 Å². The molecule has 6 nitrogen and oxygen atoms in total. The average Bonchev–Trinajstić information content (AvgIpc) is 3.12. The standard InChI is InChI=1S/C20H18ClN3O3S/c21-19-8-6-15-13-16(5-7-17(15)23-19)20(25)22-10-12-28(26,27)24-11-9-14-3-1-2-4-18(14)24/h1-8,13H,9-12H2,(H,22,25). The summed E-state index contributed by atoms with van der Waals surface area (Å²) in [6.07, 6.45) is 0.705. The highest BCUT2D eigenvalue weighted by Crippen LogP contribution is 2.29. The normalized spacial score (nSPS) is 13.5. The number of fused-ring (bicyclic) bond motifs is 2. The summed E-state index contributed by atoms with van der Waals surface area (Å²) in [6, 6.07) is 16.0. The van der Waals surface area contributed by atoms with Gasteiger partial charge in [-0.15, -0.1) is 0 Å². The Hall–Kier alpha value is -2.64. The van der Waals surface area contributed by atoms with E-state index in [9.17, 15) is 13.2 Å². The van der Waals surface area contributed by atoms with Crippen molar-refractivity contribution in [2.24, 2.45) is 0 Å². The van der Waals surface area contributed by atoms with Gasteiger partial charge in [0.05, 0.1) is 17.0 Å². The summed E-state index contributed by atoms with van der Waals surface area (Å²) < 4.78 is 26.8. The zero-order valence-electron chi connectivity index (χ0n) is 14.9. The molecule has 0 saturated heterocycles. The summed E-state index contributed by atoms with van der Waals surface area (Å²) in [5.74, 6) is -0.480. The first-order valence-corrected chi connectivity index (χ1v) is 10.9. The largest absolute Gasteiger partial charge is 0.351 e. The minimum absolute atomic E-state index is 0.0384. The van der Waals surface area contributed by atoms with Crippen molar-refractivity contribution in [3.8, 4) is 0 Å². The van der Waals surface area contributed by atoms with Crippen LogP contribution < -0.4 is 9.62 Å². The number of carbonyl (C=O) groups is 1. The molecule has 1 aromatic heterocycles. The van der Waals surface area contributed by atoms with E-state index in [0.29, 0.717) is 29.2 Å². The SMILES string of the molecule is O=C(NCCS(=O)(=O)N1CCc2ccccc21)c1ccc2nc(Cl)ccc2c1. The lowest BCUT2D eigenvalue weighted by molar-refractivity contribution is 0.0956. The summed E-state index contributed by atoms with van der Waals surface area (Å²) in [5, 5.41) is 3.86. The number of amides is 1. The maximum absolute atomic E-state index is 12.7. The van der Waals surface area contributed by atoms with Crippen LogP contribution in [-0.2, 0) is 16.4 Å². The zero-order chi connectivity index (χ0) is 19.7. The van der Waals surface area contributed by atoms with Gasteiger partial charge in [0.1, 0.15) is 5.15 Å². The third-order valence-electron chi connectivity index (χ3n) is 4.74. The molecule has 0 unspecified atom stereocenters. The molecule has 1 amide bonds. The predicted molar refractivity (Wildman–Crippen MR) is 110 cm³/mol. The van der Waals surface area contributed by atoms with Crippen LogP contribution in [0.2, 0.25) is 5.15 Å². The molecule has 2 aromatic carbocycles. The highest BCUT2D eigenvalue weighted by atomic mass is 35.5. The van der Waals surface area contributed by atoms with Gasteiger partial charge in [-0.25, -0.2) is 13.4 Å². The molecule has 0 spiro atoms. The molecule has 4 rings (SSSR count). The van der Waals surface area contributed by atoms with Crippen LogP contribution in [0.4, 0.5) is 5.69 Å². The Labute approximate surface area is 168 Å². The summed E-state index contributed by atoms with van der Waals surface area (Å²) in [5.41, 5.74) is 2.90. The van der Waals surface area contributed by atoms with E-state index in [-0.39, 0.29) is 18.2 Å². The molecule has 0 atom stereocenters. The van der Waals surface area contributed by atoms with Crippen molar-refractivity contribution in [3.63, 3.8) is 0 Å². The van der Waals surface area contributed by atoms with Crippen molar-refractivity contribution in [1.82, 2.24) is 10.3 Å². The minimum atomic E-state index is -3.50. The Balaban J connectivity index is 1.41. The molecule has 0 bridgehead atoms. The third kappa shape index (κ3) is 3.68. The van der Waals surface area contributed by atoms with Crippen molar-refractivity contribution in [3.05, 3.63) is 70.9 Å². The smallest absolute Gasteiger partial charge is 0.251 e. The van der Waals surface area contributed by atoms with Crippen LogP contribution in [0.5, 0.6) is 0 Å². The van der Waals surface area contributed by atoms with Gasteiger partial charge in [0.25, 0.3) is 5.91 Å². The van der Waals surface area contributed by atoms with Gasteiger partial charge in [-0.05, 0) is 48.4 Å². The molecule has 0 radical (unpaired) electrons. The molecule has 0 aliphatic carbocycles. The lowest BCUT2D eigenvalue weighted by atomic mass is 10.1. The summed E-state index contributed by atoms with van der Waals surface area (Å²) in [4.78, 5) is 16.6. The monoisotopic (exact) mass is 415 g/mol. The minimum Gasteiger partial charge on any atom is -0.351 e. The lowest BCUT2D eigenvalue weighted by Crippen LogP contribution is -2.37. The Morgan fingerprint density at radius 2 is 1.96 bits per heavy atom. The van der Waals surface area contributed by atoms with Gasteiger partial charge >= 0.3 is 0 Å². The number of benzene rings is 2. The first-order valence-electron chi connectivity index (χ1n) is 8.87. The fraction of sp³-hybridized carbons (Fsp3) is 0.200. The number of hydrogen-bond donors (Lipinski definition) is 1. The predicted octanol–water partition coefficient (Wildman–Crippen LogP) is 3.01. The molecule has 8 heteroatoms. The number of aromatic nitrogens is 1. The van der Waals surface area contributed by atoms with Crippen LogP contribution in [0.15, 0.2) is 54.6 Å². The van der Waals surface area contributed by atoms with Crippen LogP contribution in [-0.4, -0.2) is 38.2 Å². The molecule has 1 aliphatic rings. The Kier molecular flexibility index (Phi) is 4.95. The number of carbonyl (C=O) groups excluding carboxylic acids is 1. The molecule has 0 saturated carbocycles. The van der Waals surface area contributed by atoms with Crippen LogP contribution in [0.3, 0.4) is 0 Å². The highest BCUT2D eigenvalue weighted by molar-refractivity contribution is 7.92. The number of rotatable bonds is 5. The van der Waals surface area contributed by atoms with E-state index in [0.717, 1.165) is 16.6 Å². The van der Waals surface area contributed by atoms with E-state index < -0.39 is 10.0 Å². The maximum Gasteiger partial charge on any atom is 0.251 e. The molecule has 2 heterocycles. The van der Waals surface area contributed by atoms with E-state index in [1.165, 1.54) is 4.31 Å². The van der Waals surface area contributed by atoms with Crippen molar-refractivity contribution in [1.29, 1.82) is 0 Å². The number of halogens is 1. The summed E-state index contributed by atoms with van der Waals surface area (Å²) in [7, 11) is -3.50. The molecular formula is C20H18ClN3O3S.